The Labute approximate surface area is 134 Å². The Hall–Kier alpha value is -2.97. The lowest BCUT2D eigenvalue weighted by molar-refractivity contribution is -0.385. The fourth-order valence-electron chi connectivity index (χ4n) is 1.98. The molecule has 0 saturated carbocycles. The van der Waals surface area contributed by atoms with E-state index >= 15 is 0 Å². The van der Waals surface area contributed by atoms with Gasteiger partial charge in [-0.25, -0.2) is 0 Å². The molecule has 0 radical (unpaired) electrons. The molecular formula is C15H12F3NO5. The molecule has 0 spiro atoms. The molecular weight excluding hydrogens is 331 g/mol. The molecule has 0 fully saturated rings. The predicted molar refractivity (Wildman–Crippen MR) is 77.7 cm³/mol. The second kappa shape index (κ2) is 6.65. The van der Waals surface area contributed by atoms with Crippen molar-refractivity contribution in [2.45, 2.75) is 6.18 Å². The molecule has 0 aliphatic carbocycles. The molecule has 0 N–H and O–H groups in total. The van der Waals surface area contributed by atoms with Gasteiger partial charge in [0.1, 0.15) is 17.2 Å². The summed E-state index contributed by atoms with van der Waals surface area (Å²) >= 11 is 0. The van der Waals surface area contributed by atoms with Crippen LogP contribution in [0.3, 0.4) is 0 Å². The van der Waals surface area contributed by atoms with Crippen LogP contribution in [-0.4, -0.2) is 19.1 Å². The number of nitro groups is 1. The van der Waals surface area contributed by atoms with Crippen LogP contribution < -0.4 is 14.2 Å². The van der Waals surface area contributed by atoms with Gasteiger partial charge in [0.15, 0.2) is 5.75 Å². The Morgan fingerprint density at radius 1 is 0.958 bits per heavy atom. The molecule has 128 valence electrons. The van der Waals surface area contributed by atoms with Crippen LogP contribution in [0.5, 0.6) is 23.0 Å². The lowest BCUT2D eigenvalue weighted by Crippen LogP contribution is -2.07. The minimum absolute atomic E-state index is 0.0392. The maximum atomic E-state index is 12.8. The maximum Gasteiger partial charge on any atom is 0.419 e. The summed E-state index contributed by atoms with van der Waals surface area (Å²) in [5.74, 6) is -0.260. The number of nitro benzene ring substituents is 1. The Bertz CT molecular complexity index is 761. The number of nitrogens with zero attached hydrogens (tertiary/aromatic N) is 1. The Morgan fingerprint density at radius 2 is 1.54 bits per heavy atom. The number of halogens is 3. The second-order valence-corrected chi connectivity index (χ2v) is 4.55. The van der Waals surface area contributed by atoms with Gasteiger partial charge in [-0.3, -0.25) is 10.1 Å². The Balaban J connectivity index is 2.35. The van der Waals surface area contributed by atoms with E-state index in [9.17, 15) is 23.3 Å². The molecule has 24 heavy (non-hydrogen) atoms. The molecule has 2 aromatic carbocycles. The van der Waals surface area contributed by atoms with E-state index in [0.29, 0.717) is 0 Å². The molecule has 6 nitrogen and oxygen atoms in total. The molecule has 0 unspecified atom stereocenters. The molecule has 0 aliphatic rings. The van der Waals surface area contributed by atoms with Crippen LogP contribution in [0.25, 0.3) is 0 Å². The zero-order valence-electron chi connectivity index (χ0n) is 12.6. The van der Waals surface area contributed by atoms with Crippen LogP contribution in [0.15, 0.2) is 36.4 Å². The smallest absolute Gasteiger partial charge is 0.419 e. The highest BCUT2D eigenvalue weighted by atomic mass is 19.4. The van der Waals surface area contributed by atoms with Gasteiger partial charge in [-0.05, 0) is 24.3 Å². The highest BCUT2D eigenvalue weighted by molar-refractivity contribution is 5.52. The number of ether oxygens (including phenoxy) is 3. The van der Waals surface area contributed by atoms with Gasteiger partial charge < -0.3 is 14.2 Å². The fraction of sp³-hybridized carbons (Fsp3) is 0.200. The first-order valence-electron chi connectivity index (χ1n) is 6.51. The molecule has 2 aromatic rings. The van der Waals surface area contributed by atoms with Crippen LogP contribution in [0, 0.1) is 10.1 Å². The summed E-state index contributed by atoms with van der Waals surface area (Å²) in [6.45, 7) is 0. The molecule has 0 amide bonds. The first-order valence-corrected chi connectivity index (χ1v) is 6.51. The molecule has 0 aromatic heterocycles. The number of rotatable bonds is 5. The Kier molecular flexibility index (Phi) is 4.82. The van der Waals surface area contributed by atoms with Crippen LogP contribution in [0.2, 0.25) is 0 Å². The van der Waals surface area contributed by atoms with Crippen LogP contribution in [0.1, 0.15) is 5.56 Å². The van der Waals surface area contributed by atoms with Crippen molar-refractivity contribution in [3.63, 3.8) is 0 Å². The van der Waals surface area contributed by atoms with Crippen LogP contribution >= 0.6 is 0 Å². The molecule has 0 atom stereocenters. The normalized spacial score (nSPS) is 11.0. The monoisotopic (exact) mass is 343 g/mol. The summed E-state index contributed by atoms with van der Waals surface area (Å²) in [6, 6.07) is 6.81. The van der Waals surface area contributed by atoms with Crippen molar-refractivity contribution in [2.24, 2.45) is 0 Å². The zero-order chi connectivity index (χ0) is 17.9. The van der Waals surface area contributed by atoms with Crippen molar-refractivity contribution < 1.29 is 32.3 Å². The molecule has 0 heterocycles. The first kappa shape index (κ1) is 17.4. The average Bonchev–Trinajstić information content (AvgIpc) is 2.53. The van der Waals surface area contributed by atoms with E-state index in [1.807, 2.05) is 0 Å². The van der Waals surface area contributed by atoms with Crippen molar-refractivity contribution in [3.05, 3.63) is 52.1 Å². The van der Waals surface area contributed by atoms with Crippen LogP contribution in [-0.2, 0) is 6.18 Å². The summed E-state index contributed by atoms with van der Waals surface area (Å²) in [5, 5.41) is 11.0. The molecule has 2 rings (SSSR count). The summed E-state index contributed by atoms with van der Waals surface area (Å²) in [5.41, 5.74) is -1.27. The van der Waals surface area contributed by atoms with Crippen molar-refractivity contribution in [2.75, 3.05) is 14.2 Å². The van der Waals surface area contributed by atoms with E-state index in [-0.39, 0.29) is 22.9 Å². The van der Waals surface area contributed by atoms with Crippen LogP contribution in [0.4, 0.5) is 18.9 Å². The predicted octanol–water partition coefficient (Wildman–Crippen LogP) is 4.42. The van der Waals surface area contributed by atoms with E-state index in [0.717, 1.165) is 31.4 Å². The van der Waals surface area contributed by atoms with Gasteiger partial charge in [0.05, 0.1) is 30.8 Å². The first-order chi connectivity index (χ1) is 11.3. The lowest BCUT2D eigenvalue weighted by Gasteiger charge is -2.13. The van der Waals surface area contributed by atoms with Gasteiger partial charge in [-0.1, -0.05) is 0 Å². The van der Waals surface area contributed by atoms with Gasteiger partial charge in [-0.2, -0.15) is 13.2 Å². The number of hydrogen-bond acceptors (Lipinski definition) is 5. The minimum Gasteiger partial charge on any atom is -0.496 e. The summed E-state index contributed by atoms with van der Waals surface area (Å²) in [4.78, 5) is 10.3. The maximum absolute atomic E-state index is 12.8. The third-order valence-corrected chi connectivity index (χ3v) is 3.06. The van der Waals surface area contributed by atoms with Crippen molar-refractivity contribution in [1.29, 1.82) is 0 Å². The fourth-order valence-corrected chi connectivity index (χ4v) is 1.98. The van der Waals surface area contributed by atoms with Crippen molar-refractivity contribution in [1.82, 2.24) is 0 Å². The number of alkyl halides is 3. The summed E-state index contributed by atoms with van der Waals surface area (Å²) in [6.07, 6.45) is -4.57. The van der Waals surface area contributed by atoms with E-state index in [1.54, 1.807) is 0 Å². The van der Waals surface area contributed by atoms with E-state index in [1.165, 1.54) is 19.2 Å². The largest absolute Gasteiger partial charge is 0.496 e. The van der Waals surface area contributed by atoms with Crippen molar-refractivity contribution in [3.8, 4) is 23.0 Å². The van der Waals surface area contributed by atoms with E-state index < -0.39 is 22.4 Å². The highest BCUT2D eigenvalue weighted by Gasteiger charge is 2.34. The van der Waals surface area contributed by atoms with E-state index in [4.69, 9.17) is 14.2 Å². The number of hydrogen-bond donors (Lipinski definition) is 0. The van der Waals surface area contributed by atoms with Gasteiger partial charge in [0, 0.05) is 6.07 Å². The molecule has 0 aliphatic heterocycles. The highest BCUT2D eigenvalue weighted by Crippen LogP contribution is 2.39. The van der Waals surface area contributed by atoms with E-state index in [2.05, 4.69) is 0 Å². The van der Waals surface area contributed by atoms with Gasteiger partial charge >= 0.3 is 11.9 Å². The zero-order valence-corrected chi connectivity index (χ0v) is 12.6. The Morgan fingerprint density at radius 3 is 2.08 bits per heavy atom. The molecule has 0 bridgehead atoms. The number of benzene rings is 2. The SMILES string of the molecule is COc1ccc(Oc2ccc(C(F)(F)F)c(OC)c2)cc1[N+](=O)[O-]. The second-order valence-electron chi connectivity index (χ2n) is 4.55. The van der Waals surface area contributed by atoms with Gasteiger partial charge in [-0.15, -0.1) is 0 Å². The van der Waals surface area contributed by atoms with Gasteiger partial charge in [0.2, 0.25) is 0 Å². The topological polar surface area (TPSA) is 70.8 Å². The third-order valence-electron chi connectivity index (χ3n) is 3.06. The molecule has 9 heteroatoms. The lowest BCUT2D eigenvalue weighted by atomic mass is 10.2. The minimum atomic E-state index is -4.57. The quantitative estimate of drug-likeness (QED) is 0.593. The standard InChI is InChI=1S/C15H12F3NO5/c1-22-13-6-4-9(7-12(13)19(20)21)24-10-3-5-11(15(16,17)18)14(8-10)23-2/h3-8H,1-2H3. The molecule has 0 saturated heterocycles. The average molecular weight is 343 g/mol. The van der Waals surface area contributed by atoms with Crippen molar-refractivity contribution >= 4 is 5.69 Å². The van der Waals surface area contributed by atoms with Gasteiger partial charge in [0.25, 0.3) is 0 Å². The summed E-state index contributed by atoms with van der Waals surface area (Å²) in [7, 11) is 2.39. The number of methoxy groups -OCH3 is 2. The summed E-state index contributed by atoms with van der Waals surface area (Å²) < 4.78 is 53.4. The third kappa shape index (κ3) is 3.67.